The minimum Gasteiger partial charge on any atom is -0.435 e. The van der Waals surface area contributed by atoms with Gasteiger partial charge in [0.05, 0.1) is 0 Å². The molecule has 0 saturated heterocycles. The number of esters is 1. The summed E-state index contributed by atoms with van der Waals surface area (Å²) >= 11 is 0. The Kier molecular flexibility index (Phi) is 4.28. The Bertz CT molecular complexity index is 121. The van der Waals surface area contributed by atoms with Gasteiger partial charge in [0.1, 0.15) is 0 Å². The molecule has 0 aromatic carbocycles. The van der Waals surface area contributed by atoms with Crippen LogP contribution < -0.4 is 0 Å². The van der Waals surface area contributed by atoms with Gasteiger partial charge in [0.15, 0.2) is 6.79 Å². The second-order valence-electron chi connectivity index (χ2n) is 1.50. The highest BCUT2D eigenvalue weighted by atomic mass is 31.0. The monoisotopic (exact) mass is 148 g/mol. The van der Waals surface area contributed by atoms with Crippen LogP contribution in [0.15, 0.2) is 12.2 Å². The molecule has 4 heteroatoms. The predicted octanol–water partition coefficient (Wildman–Crippen LogP) is 0.870. The Hall–Kier alpha value is -0.400. The lowest BCUT2D eigenvalue weighted by Crippen LogP contribution is -2.05. The summed E-state index contributed by atoms with van der Waals surface area (Å²) in [7, 11) is 1.97. The van der Waals surface area contributed by atoms with E-state index in [2.05, 4.69) is 15.8 Å². The van der Waals surface area contributed by atoms with Crippen molar-refractivity contribution in [2.24, 2.45) is 0 Å². The van der Waals surface area contributed by atoms with Gasteiger partial charge in [0.2, 0.25) is 0 Å². The maximum absolute atomic E-state index is 10.5. The number of hydrogen-bond donors (Lipinski definition) is 0. The van der Waals surface area contributed by atoms with Crippen molar-refractivity contribution in [2.75, 3.05) is 6.79 Å². The number of rotatable bonds is 3. The average molecular weight is 148 g/mol. The Morgan fingerprint density at radius 2 is 2.33 bits per heavy atom. The first-order valence-corrected chi connectivity index (χ1v) is 2.80. The maximum atomic E-state index is 10.5. The van der Waals surface area contributed by atoms with Crippen LogP contribution in [0.1, 0.15) is 6.92 Å². The van der Waals surface area contributed by atoms with E-state index in [1.807, 2.05) is 9.47 Å². The number of hydrogen-bond acceptors (Lipinski definition) is 3. The third-order valence-electron chi connectivity index (χ3n) is 0.607. The molecule has 0 rings (SSSR count). The molecule has 0 N–H and O–H groups in total. The maximum Gasteiger partial charge on any atom is 0.335 e. The van der Waals surface area contributed by atoms with Gasteiger partial charge in [-0.1, -0.05) is 6.58 Å². The normalized spacial score (nSPS) is 8.67. The van der Waals surface area contributed by atoms with Gasteiger partial charge in [0, 0.05) is 15.0 Å². The van der Waals surface area contributed by atoms with E-state index in [1.54, 1.807) is 6.92 Å². The Morgan fingerprint density at radius 3 is 2.67 bits per heavy atom. The van der Waals surface area contributed by atoms with Gasteiger partial charge in [-0.3, -0.25) is 0 Å². The summed E-state index contributed by atoms with van der Waals surface area (Å²) in [5.74, 6) is -0.433. The number of carbonyl (C=O) groups excluding carboxylic acids is 1. The molecule has 0 bridgehead atoms. The molecule has 0 heterocycles. The van der Waals surface area contributed by atoms with Crippen molar-refractivity contribution in [2.45, 2.75) is 6.92 Å². The highest BCUT2D eigenvalue weighted by Gasteiger charge is 1.99. The van der Waals surface area contributed by atoms with E-state index in [0.717, 1.165) is 0 Å². The van der Waals surface area contributed by atoms with E-state index in [1.165, 1.54) is 0 Å². The zero-order chi connectivity index (χ0) is 7.28. The molecule has 3 nitrogen and oxygen atoms in total. The molecule has 0 fully saturated rings. The molecule has 1 atom stereocenters. The largest absolute Gasteiger partial charge is 0.435 e. The van der Waals surface area contributed by atoms with Crippen molar-refractivity contribution in [3.05, 3.63) is 12.2 Å². The molecule has 0 spiro atoms. The van der Waals surface area contributed by atoms with Gasteiger partial charge in [-0.15, -0.1) is 0 Å². The summed E-state index contributed by atoms with van der Waals surface area (Å²) < 4.78 is 8.87. The van der Waals surface area contributed by atoms with Crippen molar-refractivity contribution in [3.63, 3.8) is 0 Å². The zero-order valence-corrected chi connectivity index (χ0v) is 6.37. The van der Waals surface area contributed by atoms with Crippen LogP contribution in [0.2, 0.25) is 0 Å². The first kappa shape index (κ1) is 8.60. The minimum absolute atomic E-state index is 0.0453. The zero-order valence-electron chi connectivity index (χ0n) is 5.22. The van der Waals surface area contributed by atoms with E-state index in [4.69, 9.17) is 0 Å². The van der Waals surface area contributed by atoms with Crippen molar-refractivity contribution in [1.82, 2.24) is 0 Å². The molecule has 0 amide bonds. The van der Waals surface area contributed by atoms with E-state index >= 15 is 0 Å². The van der Waals surface area contributed by atoms with Gasteiger partial charge in [-0.25, -0.2) is 4.79 Å². The Labute approximate surface area is 56.3 Å². The van der Waals surface area contributed by atoms with Gasteiger partial charge in [-0.2, -0.15) is 0 Å². The van der Waals surface area contributed by atoms with E-state index in [-0.39, 0.29) is 6.79 Å². The predicted molar refractivity (Wildman–Crippen MR) is 36.6 cm³/mol. The molecule has 9 heavy (non-hydrogen) atoms. The number of ether oxygens (including phenoxy) is 1. The summed E-state index contributed by atoms with van der Waals surface area (Å²) in [6.45, 7) is 4.90. The van der Waals surface area contributed by atoms with Crippen LogP contribution in [0.25, 0.3) is 0 Å². The first-order chi connectivity index (χ1) is 4.18. The van der Waals surface area contributed by atoms with Crippen LogP contribution in [0.3, 0.4) is 0 Å². The third kappa shape index (κ3) is 4.13. The van der Waals surface area contributed by atoms with Crippen molar-refractivity contribution in [1.29, 1.82) is 0 Å². The van der Waals surface area contributed by atoms with Crippen LogP contribution in [-0.4, -0.2) is 12.8 Å². The Morgan fingerprint density at radius 1 is 1.78 bits per heavy atom. The Balaban J connectivity index is 3.39. The molecule has 1 unspecified atom stereocenters. The van der Waals surface area contributed by atoms with Crippen LogP contribution in [0.4, 0.5) is 0 Å². The first-order valence-electron chi connectivity index (χ1n) is 2.32. The minimum atomic E-state index is -0.433. The highest BCUT2D eigenvalue weighted by molar-refractivity contribution is 7.09. The summed E-state index contributed by atoms with van der Waals surface area (Å²) in [4.78, 5) is 10.5. The molecule has 0 radical (unpaired) electrons. The van der Waals surface area contributed by atoms with Crippen LogP contribution >= 0.6 is 9.47 Å². The number of carbonyl (C=O) groups is 1. The lowest BCUT2D eigenvalue weighted by molar-refractivity contribution is -0.144. The van der Waals surface area contributed by atoms with Crippen LogP contribution in [0, 0.1) is 0 Å². The fourth-order valence-electron chi connectivity index (χ4n) is 0.211. The second kappa shape index (κ2) is 4.48. The standard InChI is InChI=1S/C5H9O3P/c1-4(2)5(6)7-3-8-9/h1,3,9H2,2H3. The fraction of sp³-hybridized carbons (Fsp3) is 0.400. The lowest BCUT2D eigenvalue weighted by atomic mass is 10.4. The van der Waals surface area contributed by atoms with Crippen LogP contribution in [-0.2, 0) is 14.1 Å². The smallest absolute Gasteiger partial charge is 0.335 e. The summed E-state index contributed by atoms with van der Waals surface area (Å²) in [5, 5.41) is 0. The molecule has 0 aliphatic heterocycles. The third-order valence-corrected chi connectivity index (χ3v) is 0.743. The lowest BCUT2D eigenvalue weighted by Gasteiger charge is -1.99. The van der Waals surface area contributed by atoms with Crippen molar-refractivity contribution < 1.29 is 14.1 Å². The SMILES string of the molecule is C=C(C)C(=O)OCOP. The fourth-order valence-corrected chi connectivity index (χ4v) is 0.279. The van der Waals surface area contributed by atoms with E-state index in [9.17, 15) is 4.79 Å². The topological polar surface area (TPSA) is 35.5 Å². The van der Waals surface area contributed by atoms with Gasteiger partial charge >= 0.3 is 5.97 Å². The molecule has 0 saturated carbocycles. The van der Waals surface area contributed by atoms with Gasteiger partial charge < -0.3 is 9.26 Å². The molecular weight excluding hydrogens is 139 g/mol. The van der Waals surface area contributed by atoms with E-state index in [0.29, 0.717) is 5.57 Å². The summed E-state index contributed by atoms with van der Waals surface area (Å²) in [6.07, 6.45) is 0. The molecule has 0 aliphatic rings. The van der Waals surface area contributed by atoms with Gasteiger partial charge in [0.25, 0.3) is 0 Å². The molecule has 52 valence electrons. The average Bonchev–Trinajstić information content (AvgIpc) is 1.82. The molecule has 0 aromatic rings. The van der Waals surface area contributed by atoms with Gasteiger partial charge in [-0.05, 0) is 6.92 Å². The summed E-state index contributed by atoms with van der Waals surface area (Å²) in [6, 6.07) is 0. The van der Waals surface area contributed by atoms with Crippen molar-refractivity contribution in [3.8, 4) is 0 Å². The molecular formula is C5H9O3P. The second-order valence-corrected chi connectivity index (χ2v) is 1.83. The molecule has 0 aromatic heterocycles. The highest BCUT2D eigenvalue weighted by Crippen LogP contribution is 1.93. The van der Waals surface area contributed by atoms with Crippen LogP contribution in [0.5, 0.6) is 0 Å². The quantitative estimate of drug-likeness (QED) is 0.258. The van der Waals surface area contributed by atoms with Crippen molar-refractivity contribution >= 4 is 15.4 Å². The summed E-state index contributed by atoms with van der Waals surface area (Å²) in [5.41, 5.74) is 0.372. The van der Waals surface area contributed by atoms with E-state index < -0.39 is 5.97 Å². The molecule has 0 aliphatic carbocycles.